The number of benzene rings is 1. The molecule has 0 spiro atoms. The lowest BCUT2D eigenvalue weighted by Gasteiger charge is -2.36. The monoisotopic (exact) mass is 414 g/mol. The molecule has 168 valence electrons. The van der Waals surface area contributed by atoms with Gasteiger partial charge in [-0.15, -0.1) is 0 Å². The standard InChI is InChI=1S/C26H42N2O2/c1-3-5-7-9-11-16-20-26(21-17-12-10-8-6-4-2)24(29)27-25(30)28(26)22-23-18-14-13-15-19-23/h13-15,18-19H,3-12,16-17,20-22H2,1-2H3,(H,27,29,30). The van der Waals surface area contributed by atoms with Crippen LogP contribution in [-0.4, -0.2) is 22.4 Å². The van der Waals surface area contributed by atoms with Crippen molar-refractivity contribution in [2.24, 2.45) is 0 Å². The predicted octanol–water partition coefficient (Wildman–Crippen LogP) is 6.98. The van der Waals surface area contributed by atoms with E-state index in [1.165, 1.54) is 51.4 Å². The fourth-order valence-corrected chi connectivity index (χ4v) is 4.60. The van der Waals surface area contributed by atoms with E-state index in [1.54, 1.807) is 0 Å². The van der Waals surface area contributed by atoms with E-state index >= 15 is 0 Å². The molecule has 1 fully saturated rings. The average Bonchev–Trinajstić information content (AvgIpc) is 2.98. The Balaban J connectivity index is 2.05. The van der Waals surface area contributed by atoms with Gasteiger partial charge in [0, 0.05) is 6.54 Å². The molecule has 0 unspecified atom stereocenters. The van der Waals surface area contributed by atoms with Gasteiger partial charge in [0.1, 0.15) is 5.54 Å². The van der Waals surface area contributed by atoms with E-state index in [0.717, 1.165) is 44.1 Å². The number of urea groups is 1. The summed E-state index contributed by atoms with van der Waals surface area (Å²) in [6.45, 7) is 4.96. The van der Waals surface area contributed by atoms with Crippen molar-refractivity contribution in [3.63, 3.8) is 0 Å². The first kappa shape index (κ1) is 24.4. The lowest BCUT2D eigenvalue weighted by molar-refractivity contribution is -0.127. The number of nitrogens with zero attached hydrogens (tertiary/aromatic N) is 1. The molecule has 1 saturated heterocycles. The van der Waals surface area contributed by atoms with Crippen LogP contribution >= 0.6 is 0 Å². The SMILES string of the molecule is CCCCCCCCC1(CCCCCCCC)C(=O)NC(=O)N1Cc1ccccc1. The van der Waals surface area contributed by atoms with Gasteiger partial charge in [-0.2, -0.15) is 0 Å². The molecule has 2 rings (SSSR count). The first-order valence-electron chi connectivity index (χ1n) is 12.3. The van der Waals surface area contributed by atoms with E-state index in [4.69, 9.17) is 0 Å². The Morgan fingerprint density at radius 3 is 1.77 bits per heavy atom. The minimum atomic E-state index is -0.678. The van der Waals surface area contributed by atoms with Gasteiger partial charge in [0.25, 0.3) is 5.91 Å². The third-order valence-corrected chi connectivity index (χ3v) is 6.48. The maximum Gasteiger partial charge on any atom is 0.325 e. The topological polar surface area (TPSA) is 49.4 Å². The largest absolute Gasteiger partial charge is 0.325 e. The molecule has 1 aromatic carbocycles. The first-order valence-corrected chi connectivity index (χ1v) is 12.3. The number of hydrogen-bond acceptors (Lipinski definition) is 2. The Morgan fingerprint density at radius 2 is 1.23 bits per heavy atom. The normalized spacial score (nSPS) is 15.6. The average molecular weight is 415 g/mol. The van der Waals surface area contributed by atoms with Crippen LogP contribution in [0, 0.1) is 0 Å². The van der Waals surface area contributed by atoms with Gasteiger partial charge in [0.05, 0.1) is 0 Å². The molecule has 0 radical (unpaired) electrons. The summed E-state index contributed by atoms with van der Waals surface area (Å²) in [6, 6.07) is 9.83. The fraction of sp³-hybridized carbons (Fsp3) is 0.692. The number of amides is 3. The molecule has 1 aliphatic rings. The van der Waals surface area contributed by atoms with E-state index in [0.29, 0.717) is 6.54 Å². The highest BCUT2D eigenvalue weighted by molar-refractivity contribution is 6.07. The van der Waals surface area contributed by atoms with Gasteiger partial charge < -0.3 is 4.90 Å². The fourth-order valence-electron chi connectivity index (χ4n) is 4.60. The van der Waals surface area contributed by atoms with Gasteiger partial charge in [-0.1, -0.05) is 121 Å². The Hall–Kier alpha value is -1.84. The highest BCUT2D eigenvalue weighted by Gasteiger charge is 2.51. The number of carbonyl (C=O) groups excluding carboxylic acids is 2. The summed E-state index contributed by atoms with van der Waals surface area (Å²) in [4.78, 5) is 27.6. The molecule has 0 aliphatic carbocycles. The van der Waals surface area contributed by atoms with Gasteiger partial charge in [0.2, 0.25) is 0 Å². The molecule has 0 bridgehead atoms. The number of unbranched alkanes of at least 4 members (excludes halogenated alkanes) is 10. The molecular formula is C26H42N2O2. The summed E-state index contributed by atoms with van der Waals surface area (Å²) in [5, 5.41) is 2.65. The van der Waals surface area contributed by atoms with Crippen LogP contribution in [0.2, 0.25) is 0 Å². The number of nitrogens with one attached hydrogen (secondary N) is 1. The van der Waals surface area contributed by atoms with Crippen molar-refractivity contribution in [2.75, 3.05) is 0 Å². The number of hydrogen-bond donors (Lipinski definition) is 1. The minimum Gasteiger partial charge on any atom is -0.305 e. The quantitative estimate of drug-likeness (QED) is 0.234. The molecule has 1 aromatic rings. The van der Waals surface area contributed by atoms with Gasteiger partial charge in [-0.3, -0.25) is 10.1 Å². The van der Waals surface area contributed by atoms with E-state index in [1.807, 2.05) is 35.2 Å². The molecule has 1 heterocycles. The zero-order valence-electron chi connectivity index (χ0n) is 19.3. The Kier molecular flexibility index (Phi) is 11.0. The molecule has 4 nitrogen and oxygen atoms in total. The maximum atomic E-state index is 13.1. The predicted molar refractivity (Wildman–Crippen MR) is 124 cm³/mol. The highest BCUT2D eigenvalue weighted by Crippen LogP contribution is 2.35. The van der Waals surface area contributed by atoms with Crippen LogP contribution in [0.3, 0.4) is 0 Å². The molecule has 0 atom stereocenters. The summed E-state index contributed by atoms with van der Waals surface area (Å²) in [5.41, 5.74) is 0.403. The molecule has 1 aliphatic heterocycles. The molecule has 4 heteroatoms. The Bertz CT molecular complexity index is 613. The van der Waals surface area contributed by atoms with Crippen molar-refractivity contribution in [2.45, 2.75) is 116 Å². The third kappa shape index (κ3) is 7.14. The van der Waals surface area contributed by atoms with Crippen molar-refractivity contribution in [1.82, 2.24) is 10.2 Å². The van der Waals surface area contributed by atoms with Crippen LogP contribution < -0.4 is 5.32 Å². The second-order valence-corrected chi connectivity index (χ2v) is 8.90. The second kappa shape index (κ2) is 13.5. The van der Waals surface area contributed by atoms with E-state index in [-0.39, 0.29) is 11.9 Å². The number of carbonyl (C=O) groups is 2. The number of imide groups is 1. The summed E-state index contributed by atoms with van der Waals surface area (Å²) < 4.78 is 0. The van der Waals surface area contributed by atoms with Gasteiger partial charge in [-0.25, -0.2) is 4.79 Å². The van der Waals surface area contributed by atoms with E-state index in [9.17, 15) is 9.59 Å². The van der Waals surface area contributed by atoms with Crippen molar-refractivity contribution < 1.29 is 9.59 Å². The van der Waals surface area contributed by atoms with Crippen LogP contribution in [0.25, 0.3) is 0 Å². The molecule has 3 amide bonds. The summed E-state index contributed by atoms with van der Waals surface area (Å²) in [7, 11) is 0. The van der Waals surface area contributed by atoms with Gasteiger partial charge in [-0.05, 0) is 18.4 Å². The van der Waals surface area contributed by atoms with Crippen LogP contribution in [-0.2, 0) is 11.3 Å². The van der Waals surface area contributed by atoms with Crippen molar-refractivity contribution >= 4 is 11.9 Å². The minimum absolute atomic E-state index is 0.0782. The maximum absolute atomic E-state index is 13.1. The molecule has 0 aromatic heterocycles. The Morgan fingerprint density at radius 1 is 0.733 bits per heavy atom. The van der Waals surface area contributed by atoms with Crippen LogP contribution in [0.15, 0.2) is 30.3 Å². The zero-order valence-corrected chi connectivity index (χ0v) is 19.3. The Labute approximate surface area is 183 Å². The van der Waals surface area contributed by atoms with Gasteiger partial charge >= 0.3 is 6.03 Å². The van der Waals surface area contributed by atoms with Crippen LogP contribution in [0.5, 0.6) is 0 Å². The third-order valence-electron chi connectivity index (χ3n) is 6.48. The lowest BCUT2D eigenvalue weighted by Crippen LogP contribution is -2.49. The highest BCUT2D eigenvalue weighted by atomic mass is 16.2. The summed E-state index contributed by atoms with van der Waals surface area (Å²) >= 11 is 0. The zero-order chi connectivity index (χ0) is 21.7. The van der Waals surface area contributed by atoms with Crippen molar-refractivity contribution in [3.8, 4) is 0 Å². The smallest absolute Gasteiger partial charge is 0.305 e. The molecule has 1 N–H and O–H groups in total. The summed E-state index contributed by atoms with van der Waals surface area (Å²) in [5.74, 6) is -0.0782. The van der Waals surface area contributed by atoms with Crippen LogP contribution in [0.4, 0.5) is 4.79 Å². The second-order valence-electron chi connectivity index (χ2n) is 8.90. The molecule has 30 heavy (non-hydrogen) atoms. The number of rotatable bonds is 16. The van der Waals surface area contributed by atoms with Crippen LogP contribution in [0.1, 0.15) is 109 Å². The lowest BCUT2D eigenvalue weighted by atomic mass is 9.84. The first-order chi connectivity index (χ1) is 14.6. The summed E-state index contributed by atoms with van der Waals surface area (Å²) in [6.07, 6.45) is 15.8. The van der Waals surface area contributed by atoms with Crippen molar-refractivity contribution in [1.29, 1.82) is 0 Å². The van der Waals surface area contributed by atoms with Gasteiger partial charge in [0.15, 0.2) is 0 Å². The van der Waals surface area contributed by atoms with E-state index in [2.05, 4.69) is 19.2 Å². The molecular weight excluding hydrogens is 372 g/mol. The van der Waals surface area contributed by atoms with E-state index < -0.39 is 5.54 Å². The molecule has 0 saturated carbocycles. The van der Waals surface area contributed by atoms with Crippen molar-refractivity contribution in [3.05, 3.63) is 35.9 Å².